The van der Waals surface area contributed by atoms with Gasteiger partial charge in [0, 0.05) is 11.7 Å². The Morgan fingerprint density at radius 1 is 1.31 bits per heavy atom. The van der Waals surface area contributed by atoms with Crippen LogP contribution in [0.5, 0.6) is 0 Å². The molecule has 29 heavy (non-hydrogen) atoms. The third-order valence-electron chi connectivity index (χ3n) is 5.27. The molecule has 5 N–H and O–H groups in total. The Balaban J connectivity index is 1.56. The summed E-state index contributed by atoms with van der Waals surface area (Å²) in [5, 5.41) is 19.0. The molecule has 1 saturated carbocycles. The first-order chi connectivity index (χ1) is 13.9. The molecule has 8 heteroatoms. The van der Waals surface area contributed by atoms with Crippen molar-refractivity contribution in [2.45, 2.75) is 50.7 Å². The number of fused-ring (bicyclic) bond motifs is 1. The van der Waals surface area contributed by atoms with E-state index in [0.29, 0.717) is 5.95 Å². The van der Waals surface area contributed by atoms with E-state index in [-0.39, 0.29) is 18.4 Å². The van der Waals surface area contributed by atoms with Gasteiger partial charge in [0.05, 0.1) is 22.2 Å². The number of hydrogen-bond acceptors (Lipinski definition) is 7. The number of aliphatic hydroxyl groups is 1. The smallest absolute Gasteiger partial charge is 0.229 e. The van der Waals surface area contributed by atoms with Gasteiger partial charge in [-0.3, -0.25) is 4.79 Å². The summed E-state index contributed by atoms with van der Waals surface area (Å²) in [6, 6.07) is 9.78. The van der Waals surface area contributed by atoms with Gasteiger partial charge in [0.25, 0.3) is 0 Å². The minimum Gasteiger partial charge on any atom is -0.390 e. The molecule has 1 aromatic carbocycles. The molecule has 0 saturated heterocycles. The second-order valence-corrected chi connectivity index (χ2v) is 8.83. The van der Waals surface area contributed by atoms with Crippen LogP contribution in [-0.4, -0.2) is 32.6 Å². The number of nitrogens with zero attached hydrogens (tertiary/aromatic N) is 2. The predicted molar refractivity (Wildman–Crippen MR) is 117 cm³/mol. The molecule has 0 spiro atoms. The zero-order valence-electron chi connectivity index (χ0n) is 16.3. The number of thiophene rings is 1. The maximum absolute atomic E-state index is 11.2. The first kappa shape index (κ1) is 19.6. The summed E-state index contributed by atoms with van der Waals surface area (Å²) in [5.41, 5.74) is 7.26. The van der Waals surface area contributed by atoms with Crippen molar-refractivity contribution < 1.29 is 9.90 Å². The molecule has 1 aliphatic carbocycles. The topological polar surface area (TPSA) is 113 Å². The van der Waals surface area contributed by atoms with E-state index in [0.717, 1.165) is 53.0 Å². The van der Waals surface area contributed by atoms with Gasteiger partial charge in [0.1, 0.15) is 5.82 Å². The summed E-state index contributed by atoms with van der Waals surface area (Å²) in [4.78, 5) is 20.5. The number of amides is 1. The Morgan fingerprint density at radius 3 is 2.86 bits per heavy atom. The first-order valence-corrected chi connectivity index (χ1v) is 10.6. The average Bonchev–Trinajstić information content (AvgIpc) is 3.12. The van der Waals surface area contributed by atoms with Gasteiger partial charge in [0.15, 0.2) is 0 Å². The number of hydrogen-bond donors (Lipinski definition) is 4. The van der Waals surface area contributed by atoms with Crippen molar-refractivity contribution in [2.24, 2.45) is 5.73 Å². The lowest BCUT2D eigenvalue weighted by Gasteiger charge is -2.33. The molecular formula is C21H25N5O2S. The molecule has 0 radical (unpaired) electrons. The number of nitrogens with one attached hydrogen (secondary N) is 2. The molecule has 1 amide bonds. The fourth-order valence-corrected chi connectivity index (χ4v) is 4.47. The molecule has 0 bridgehead atoms. The van der Waals surface area contributed by atoms with Gasteiger partial charge in [-0.15, -0.1) is 11.3 Å². The second kappa shape index (κ2) is 7.96. The molecule has 2 aromatic heterocycles. The molecule has 0 atom stereocenters. The Morgan fingerprint density at radius 2 is 2.10 bits per heavy atom. The molecular weight excluding hydrogens is 386 g/mol. The van der Waals surface area contributed by atoms with Gasteiger partial charge >= 0.3 is 0 Å². The maximum atomic E-state index is 11.2. The van der Waals surface area contributed by atoms with Crippen molar-refractivity contribution in [1.82, 2.24) is 9.97 Å². The largest absolute Gasteiger partial charge is 0.390 e. The fourth-order valence-electron chi connectivity index (χ4n) is 3.68. The molecule has 1 fully saturated rings. The van der Waals surface area contributed by atoms with Crippen molar-refractivity contribution >= 4 is 44.9 Å². The summed E-state index contributed by atoms with van der Waals surface area (Å²) in [6.45, 7) is 1.90. The van der Waals surface area contributed by atoms with Crippen LogP contribution in [0, 0.1) is 0 Å². The minimum absolute atomic E-state index is 0.193. The number of primary amides is 1. The van der Waals surface area contributed by atoms with E-state index in [1.54, 1.807) is 11.3 Å². The molecule has 0 unspecified atom stereocenters. The number of rotatable bonds is 6. The summed E-state index contributed by atoms with van der Waals surface area (Å²) in [7, 11) is 0. The van der Waals surface area contributed by atoms with Crippen LogP contribution in [-0.2, 0) is 11.2 Å². The van der Waals surface area contributed by atoms with E-state index in [1.165, 1.54) is 0 Å². The Bertz CT molecular complexity index is 1020. The van der Waals surface area contributed by atoms with E-state index in [2.05, 4.69) is 15.6 Å². The number of carbonyl (C=O) groups is 1. The van der Waals surface area contributed by atoms with Crippen LogP contribution in [0.3, 0.4) is 0 Å². The highest BCUT2D eigenvalue weighted by Crippen LogP contribution is 2.33. The Labute approximate surface area is 173 Å². The molecule has 4 rings (SSSR count). The van der Waals surface area contributed by atoms with Crippen molar-refractivity contribution in [3.8, 4) is 0 Å². The van der Waals surface area contributed by atoms with E-state index in [9.17, 15) is 9.90 Å². The monoisotopic (exact) mass is 411 g/mol. The van der Waals surface area contributed by atoms with E-state index >= 15 is 0 Å². The van der Waals surface area contributed by atoms with Crippen molar-refractivity contribution in [1.29, 1.82) is 0 Å². The highest BCUT2D eigenvalue weighted by atomic mass is 32.1. The standard InChI is InChI=1S/C21H25N5O2S/c1-21(28)8-5-14(6-9-21)23-19-18-16(7-10-29-18)25-20(26-19)24-15-4-2-3-13(11-15)12-17(22)27/h2-4,7,10-11,14,28H,5-6,8-9,12H2,1H3,(H2,22,27)(H2,23,24,25,26). The van der Waals surface area contributed by atoms with Crippen LogP contribution < -0.4 is 16.4 Å². The molecule has 0 aliphatic heterocycles. The highest BCUT2D eigenvalue weighted by Gasteiger charge is 2.29. The van der Waals surface area contributed by atoms with Crippen LogP contribution in [0.15, 0.2) is 35.7 Å². The van der Waals surface area contributed by atoms with Crippen LogP contribution in [0.25, 0.3) is 10.2 Å². The normalized spacial score (nSPS) is 21.8. The van der Waals surface area contributed by atoms with Gasteiger partial charge in [0.2, 0.25) is 11.9 Å². The predicted octanol–water partition coefficient (Wildman–Crippen LogP) is 3.57. The summed E-state index contributed by atoms with van der Waals surface area (Å²) in [6.07, 6.45) is 3.56. The number of nitrogens with two attached hydrogens (primary N) is 1. The second-order valence-electron chi connectivity index (χ2n) is 7.91. The highest BCUT2D eigenvalue weighted by molar-refractivity contribution is 7.17. The molecule has 1 aliphatic rings. The Kier molecular flexibility index (Phi) is 5.38. The molecule has 2 heterocycles. The lowest BCUT2D eigenvalue weighted by atomic mass is 9.84. The van der Waals surface area contributed by atoms with E-state index in [4.69, 9.17) is 10.7 Å². The summed E-state index contributed by atoms with van der Waals surface area (Å²) < 4.78 is 1.02. The van der Waals surface area contributed by atoms with Crippen LogP contribution >= 0.6 is 11.3 Å². The lowest BCUT2D eigenvalue weighted by molar-refractivity contribution is -0.117. The quantitative estimate of drug-likeness (QED) is 0.493. The van der Waals surface area contributed by atoms with Gasteiger partial charge in [-0.2, -0.15) is 4.98 Å². The van der Waals surface area contributed by atoms with Crippen molar-refractivity contribution in [3.63, 3.8) is 0 Å². The van der Waals surface area contributed by atoms with Gasteiger partial charge in [-0.1, -0.05) is 12.1 Å². The van der Waals surface area contributed by atoms with E-state index in [1.807, 2.05) is 42.6 Å². The number of carbonyl (C=O) groups excluding carboxylic acids is 1. The number of benzene rings is 1. The van der Waals surface area contributed by atoms with E-state index < -0.39 is 5.60 Å². The summed E-state index contributed by atoms with van der Waals surface area (Å²) >= 11 is 1.61. The zero-order chi connectivity index (χ0) is 20.4. The lowest BCUT2D eigenvalue weighted by Crippen LogP contribution is -2.35. The summed E-state index contributed by atoms with van der Waals surface area (Å²) in [5.74, 6) is 0.945. The SMILES string of the molecule is CC1(O)CCC(Nc2nc(Nc3cccc(CC(N)=O)c3)nc3ccsc23)CC1. The minimum atomic E-state index is -0.565. The molecule has 7 nitrogen and oxygen atoms in total. The first-order valence-electron chi connectivity index (χ1n) is 9.76. The number of anilines is 3. The number of aromatic nitrogens is 2. The van der Waals surface area contributed by atoms with Crippen LogP contribution in [0.2, 0.25) is 0 Å². The van der Waals surface area contributed by atoms with Crippen molar-refractivity contribution in [2.75, 3.05) is 10.6 Å². The van der Waals surface area contributed by atoms with Crippen LogP contribution in [0.4, 0.5) is 17.5 Å². The zero-order valence-corrected chi connectivity index (χ0v) is 17.1. The maximum Gasteiger partial charge on any atom is 0.229 e. The molecule has 152 valence electrons. The Hall–Kier alpha value is -2.71. The van der Waals surface area contributed by atoms with Gasteiger partial charge in [-0.05, 0) is 61.7 Å². The van der Waals surface area contributed by atoms with Gasteiger partial charge < -0.3 is 21.5 Å². The average molecular weight is 412 g/mol. The molecule has 3 aromatic rings. The van der Waals surface area contributed by atoms with Gasteiger partial charge in [-0.25, -0.2) is 4.98 Å². The third-order valence-corrected chi connectivity index (χ3v) is 6.18. The van der Waals surface area contributed by atoms with Crippen LogP contribution in [0.1, 0.15) is 38.2 Å². The third kappa shape index (κ3) is 4.83. The fraction of sp³-hybridized carbons (Fsp3) is 0.381. The van der Waals surface area contributed by atoms with Crippen molar-refractivity contribution in [3.05, 3.63) is 41.3 Å².